The zero-order valence-electron chi connectivity index (χ0n) is 18.0. The Morgan fingerprint density at radius 2 is 1.79 bits per heavy atom. The van der Waals surface area contributed by atoms with E-state index >= 15 is 0 Å². The Labute approximate surface area is 186 Å². The monoisotopic (exact) mass is 498 g/mol. The molecule has 0 bridgehead atoms. The summed E-state index contributed by atoms with van der Waals surface area (Å²) in [7, 11) is 1.81. The summed E-state index contributed by atoms with van der Waals surface area (Å²) in [4.78, 5) is 4.32. The number of benzene rings is 1. The third-order valence-electron chi connectivity index (χ3n) is 4.96. The third kappa shape index (κ3) is 7.11. The molecule has 0 radical (unpaired) electrons. The Kier molecular flexibility index (Phi) is 10.6. The molecule has 0 amide bonds. The third-order valence-corrected chi connectivity index (χ3v) is 4.96. The molecule has 28 heavy (non-hydrogen) atoms. The molecule has 1 aromatic carbocycles. The predicted octanol–water partition coefficient (Wildman–Crippen LogP) is 4.93. The first-order valence-electron chi connectivity index (χ1n) is 9.88. The van der Waals surface area contributed by atoms with Crippen LogP contribution in [0.4, 0.5) is 0 Å². The van der Waals surface area contributed by atoms with Gasteiger partial charge in [-0.2, -0.15) is 0 Å². The summed E-state index contributed by atoms with van der Waals surface area (Å²) >= 11 is 0. The molecule has 0 aliphatic heterocycles. The lowest BCUT2D eigenvalue weighted by Gasteiger charge is -2.16. The lowest BCUT2D eigenvalue weighted by Crippen LogP contribution is -2.39. The number of nitrogens with one attached hydrogen (secondary N) is 2. The standard InChI is InChI=1S/C22H34N4O.HI/c1-15(2)20-11-9-19(10-12-20)8-7-13-24-22(23-6)25-14-16(3)21-17(4)26-27-18(21)5;/h9-12,15-16H,7-8,13-14H2,1-6H3,(H2,23,24,25);1H. The number of hydrogen-bond donors (Lipinski definition) is 2. The van der Waals surface area contributed by atoms with E-state index in [9.17, 15) is 0 Å². The SMILES string of the molecule is CN=C(NCCCc1ccc(C(C)C)cc1)NCC(C)c1c(C)noc1C.I. The van der Waals surface area contributed by atoms with Crippen molar-refractivity contribution >= 4 is 29.9 Å². The van der Waals surface area contributed by atoms with Crippen molar-refractivity contribution in [1.29, 1.82) is 0 Å². The van der Waals surface area contributed by atoms with Crippen LogP contribution in [-0.4, -0.2) is 31.3 Å². The normalized spacial score (nSPS) is 12.6. The van der Waals surface area contributed by atoms with Crippen molar-refractivity contribution in [3.8, 4) is 0 Å². The maximum Gasteiger partial charge on any atom is 0.190 e. The minimum Gasteiger partial charge on any atom is -0.361 e. The molecule has 1 heterocycles. The molecule has 0 spiro atoms. The Morgan fingerprint density at radius 1 is 1.11 bits per heavy atom. The summed E-state index contributed by atoms with van der Waals surface area (Å²) in [5.74, 6) is 2.63. The van der Waals surface area contributed by atoms with Crippen LogP contribution >= 0.6 is 24.0 Å². The summed E-state index contributed by atoms with van der Waals surface area (Å²) < 4.78 is 5.27. The van der Waals surface area contributed by atoms with Gasteiger partial charge in [0.2, 0.25) is 0 Å². The minimum absolute atomic E-state index is 0. The van der Waals surface area contributed by atoms with Crippen LogP contribution in [0.2, 0.25) is 0 Å². The summed E-state index contributed by atoms with van der Waals surface area (Å²) in [6.07, 6.45) is 2.14. The second-order valence-electron chi connectivity index (χ2n) is 7.52. The maximum absolute atomic E-state index is 5.27. The molecule has 2 rings (SSSR count). The molecule has 6 heteroatoms. The van der Waals surface area contributed by atoms with Crippen LogP contribution in [0.5, 0.6) is 0 Å². The van der Waals surface area contributed by atoms with Crippen LogP contribution in [0.15, 0.2) is 33.8 Å². The van der Waals surface area contributed by atoms with Gasteiger partial charge in [-0.05, 0) is 43.7 Å². The van der Waals surface area contributed by atoms with E-state index in [2.05, 4.69) is 65.8 Å². The number of guanidine groups is 1. The molecule has 2 N–H and O–H groups in total. The highest BCUT2D eigenvalue weighted by Crippen LogP contribution is 2.22. The fourth-order valence-electron chi connectivity index (χ4n) is 3.33. The predicted molar refractivity (Wildman–Crippen MR) is 128 cm³/mol. The van der Waals surface area contributed by atoms with Gasteiger partial charge in [-0.1, -0.05) is 50.2 Å². The van der Waals surface area contributed by atoms with Gasteiger partial charge >= 0.3 is 0 Å². The summed E-state index contributed by atoms with van der Waals surface area (Å²) in [5.41, 5.74) is 4.93. The van der Waals surface area contributed by atoms with Gasteiger partial charge in [0.05, 0.1) is 5.69 Å². The molecule has 1 atom stereocenters. The molecule has 2 aromatic rings. The van der Waals surface area contributed by atoms with Gasteiger partial charge in [-0.3, -0.25) is 4.99 Å². The zero-order chi connectivity index (χ0) is 19.8. The van der Waals surface area contributed by atoms with Crippen LogP contribution in [0.25, 0.3) is 0 Å². The number of aromatic nitrogens is 1. The topological polar surface area (TPSA) is 62.5 Å². The molecule has 1 aromatic heterocycles. The van der Waals surface area contributed by atoms with E-state index in [0.29, 0.717) is 11.8 Å². The largest absolute Gasteiger partial charge is 0.361 e. The molecular formula is C22H35IN4O. The maximum atomic E-state index is 5.27. The summed E-state index contributed by atoms with van der Waals surface area (Å²) in [5, 5.41) is 10.8. The van der Waals surface area contributed by atoms with Gasteiger partial charge in [-0.15, -0.1) is 24.0 Å². The molecular weight excluding hydrogens is 463 g/mol. The lowest BCUT2D eigenvalue weighted by atomic mass is 10.00. The van der Waals surface area contributed by atoms with Crippen molar-refractivity contribution in [1.82, 2.24) is 15.8 Å². The Balaban J connectivity index is 0.00000392. The average molecular weight is 498 g/mol. The van der Waals surface area contributed by atoms with E-state index in [1.807, 2.05) is 13.8 Å². The summed E-state index contributed by atoms with van der Waals surface area (Å²) in [6, 6.07) is 8.97. The van der Waals surface area contributed by atoms with Gasteiger partial charge in [0.25, 0.3) is 0 Å². The Bertz CT molecular complexity index is 718. The first kappa shape index (κ1) is 24.5. The van der Waals surface area contributed by atoms with E-state index in [1.165, 1.54) is 16.7 Å². The molecule has 5 nitrogen and oxygen atoms in total. The van der Waals surface area contributed by atoms with Crippen molar-refractivity contribution in [2.24, 2.45) is 4.99 Å². The van der Waals surface area contributed by atoms with Crippen LogP contribution in [0.1, 0.15) is 67.2 Å². The van der Waals surface area contributed by atoms with Gasteiger partial charge in [0, 0.05) is 31.6 Å². The van der Waals surface area contributed by atoms with Gasteiger partial charge in [-0.25, -0.2) is 0 Å². The van der Waals surface area contributed by atoms with Crippen LogP contribution in [0, 0.1) is 13.8 Å². The van der Waals surface area contributed by atoms with Crippen molar-refractivity contribution in [2.75, 3.05) is 20.1 Å². The molecule has 0 fully saturated rings. The number of aliphatic imine (C=N–C) groups is 1. The van der Waals surface area contributed by atoms with E-state index in [0.717, 1.165) is 43.3 Å². The van der Waals surface area contributed by atoms with Crippen molar-refractivity contribution in [3.63, 3.8) is 0 Å². The molecule has 0 saturated heterocycles. The molecule has 156 valence electrons. The van der Waals surface area contributed by atoms with Crippen molar-refractivity contribution in [2.45, 2.75) is 59.3 Å². The van der Waals surface area contributed by atoms with Crippen molar-refractivity contribution < 1.29 is 4.52 Å². The highest BCUT2D eigenvalue weighted by atomic mass is 127. The van der Waals surface area contributed by atoms with Crippen LogP contribution < -0.4 is 10.6 Å². The average Bonchev–Trinajstić information content (AvgIpc) is 2.99. The molecule has 0 aliphatic rings. The molecule has 0 saturated carbocycles. The minimum atomic E-state index is 0. The van der Waals surface area contributed by atoms with E-state index in [4.69, 9.17) is 4.52 Å². The van der Waals surface area contributed by atoms with Gasteiger partial charge < -0.3 is 15.2 Å². The highest BCUT2D eigenvalue weighted by Gasteiger charge is 2.16. The summed E-state index contributed by atoms with van der Waals surface area (Å²) in [6.45, 7) is 12.3. The Hall–Kier alpha value is -1.57. The van der Waals surface area contributed by atoms with Crippen LogP contribution in [-0.2, 0) is 6.42 Å². The zero-order valence-corrected chi connectivity index (χ0v) is 20.3. The number of aryl methyl sites for hydroxylation is 3. The highest BCUT2D eigenvalue weighted by molar-refractivity contribution is 14.0. The fourth-order valence-corrected chi connectivity index (χ4v) is 3.33. The Morgan fingerprint density at radius 3 is 2.32 bits per heavy atom. The lowest BCUT2D eigenvalue weighted by molar-refractivity contribution is 0.391. The van der Waals surface area contributed by atoms with E-state index in [1.54, 1.807) is 7.05 Å². The second kappa shape index (κ2) is 12.1. The van der Waals surface area contributed by atoms with Gasteiger partial charge in [0.1, 0.15) is 5.76 Å². The number of nitrogens with zero attached hydrogens (tertiary/aromatic N) is 2. The van der Waals surface area contributed by atoms with E-state index < -0.39 is 0 Å². The number of rotatable bonds is 8. The first-order chi connectivity index (χ1) is 12.9. The quantitative estimate of drug-likeness (QED) is 0.235. The second-order valence-corrected chi connectivity index (χ2v) is 7.52. The fraction of sp³-hybridized carbons (Fsp3) is 0.545. The van der Waals surface area contributed by atoms with Gasteiger partial charge in [0.15, 0.2) is 5.96 Å². The first-order valence-corrected chi connectivity index (χ1v) is 9.88. The smallest absolute Gasteiger partial charge is 0.190 e. The molecule has 0 aliphatic carbocycles. The number of halogens is 1. The number of hydrogen-bond acceptors (Lipinski definition) is 3. The van der Waals surface area contributed by atoms with Crippen LogP contribution in [0.3, 0.4) is 0 Å². The van der Waals surface area contributed by atoms with E-state index in [-0.39, 0.29) is 24.0 Å². The van der Waals surface area contributed by atoms with Crippen molar-refractivity contribution in [3.05, 3.63) is 52.4 Å². The molecule has 1 unspecified atom stereocenters.